The fraction of sp³-hybridized carbons (Fsp3) is 0.357. The fourth-order valence-electron chi connectivity index (χ4n) is 4.69. The van der Waals surface area contributed by atoms with Crippen LogP contribution in [0.25, 0.3) is 15.9 Å². The van der Waals surface area contributed by atoms with E-state index in [4.69, 9.17) is 16.6 Å². The quantitative estimate of drug-likeness (QED) is 0.208. The molecule has 1 atom stereocenters. The normalized spacial score (nSPS) is 16.1. The van der Waals surface area contributed by atoms with E-state index in [9.17, 15) is 4.79 Å². The van der Waals surface area contributed by atoms with Gasteiger partial charge in [0.15, 0.2) is 5.16 Å². The van der Waals surface area contributed by atoms with E-state index in [-0.39, 0.29) is 11.0 Å². The molecule has 1 unspecified atom stereocenters. The molecule has 0 saturated carbocycles. The Morgan fingerprint density at radius 2 is 1.82 bits per heavy atom. The van der Waals surface area contributed by atoms with Crippen LogP contribution in [0.2, 0.25) is 5.02 Å². The van der Waals surface area contributed by atoms with Crippen LogP contribution in [0.15, 0.2) is 58.5 Å². The molecule has 2 aromatic heterocycles. The van der Waals surface area contributed by atoms with Crippen molar-refractivity contribution in [3.05, 3.63) is 85.5 Å². The van der Waals surface area contributed by atoms with E-state index < -0.39 is 0 Å². The molecule has 0 radical (unpaired) electrons. The van der Waals surface area contributed by atoms with Gasteiger partial charge in [-0.25, -0.2) is 4.98 Å². The number of rotatable bonds is 4. The Kier molecular flexibility index (Phi) is 6.38. The molecule has 4 aromatic rings. The van der Waals surface area contributed by atoms with Gasteiger partial charge in [-0.1, -0.05) is 74.0 Å². The van der Waals surface area contributed by atoms with Gasteiger partial charge in [-0.05, 0) is 72.9 Å². The monoisotopic (exact) mass is 508 g/mol. The predicted octanol–water partition coefficient (Wildman–Crippen LogP) is 7.85. The number of hydrogen-bond acceptors (Lipinski definition) is 4. The van der Waals surface area contributed by atoms with Gasteiger partial charge in [-0.2, -0.15) is 0 Å². The van der Waals surface area contributed by atoms with Crippen LogP contribution in [0.3, 0.4) is 0 Å². The minimum absolute atomic E-state index is 0.0548. The summed E-state index contributed by atoms with van der Waals surface area (Å²) in [6, 6.07) is 16.0. The molecule has 2 aromatic carbocycles. The molecule has 0 aliphatic heterocycles. The third-order valence-corrected chi connectivity index (χ3v) is 9.26. The minimum atomic E-state index is 0.0548. The Bertz CT molecular complexity index is 1400. The first-order valence-corrected chi connectivity index (χ1v) is 13.9. The fourth-order valence-corrected chi connectivity index (χ4v) is 7.13. The Balaban J connectivity index is 1.62. The van der Waals surface area contributed by atoms with Gasteiger partial charge < -0.3 is 0 Å². The lowest BCUT2D eigenvalue weighted by atomic mass is 9.72. The van der Waals surface area contributed by atoms with E-state index in [0.717, 1.165) is 56.7 Å². The van der Waals surface area contributed by atoms with E-state index in [2.05, 4.69) is 39.8 Å². The number of aryl methyl sites for hydroxylation is 2. The number of nitrogens with zero attached hydrogens (tertiary/aromatic N) is 2. The number of thiophene rings is 1. The van der Waals surface area contributed by atoms with Gasteiger partial charge in [0.25, 0.3) is 5.56 Å². The molecule has 0 N–H and O–H groups in total. The van der Waals surface area contributed by atoms with Crippen molar-refractivity contribution in [1.82, 2.24) is 9.55 Å². The van der Waals surface area contributed by atoms with Gasteiger partial charge >= 0.3 is 0 Å². The smallest absolute Gasteiger partial charge is 0.267 e. The molecule has 0 saturated heterocycles. The largest absolute Gasteiger partial charge is 0.268 e. The maximum Gasteiger partial charge on any atom is 0.267 e. The van der Waals surface area contributed by atoms with Crippen LogP contribution in [0.5, 0.6) is 0 Å². The van der Waals surface area contributed by atoms with Gasteiger partial charge in [-0.3, -0.25) is 9.36 Å². The highest BCUT2D eigenvalue weighted by Gasteiger charge is 2.32. The zero-order chi connectivity index (χ0) is 24.0. The summed E-state index contributed by atoms with van der Waals surface area (Å²) in [6.45, 7) is 9.03. The number of hydrogen-bond donors (Lipinski definition) is 0. The van der Waals surface area contributed by atoms with Crippen molar-refractivity contribution >= 4 is 44.9 Å². The second-order valence-electron chi connectivity index (χ2n) is 10.3. The summed E-state index contributed by atoms with van der Waals surface area (Å²) in [5.74, 6) is 1.35. The van der Waals surface area contributed by atoms with Crippen LogP contribution in [0.4, 0.5) is 0 Å². The average molecular weight is 509 g/mol. The number of fused-ring (bicyclic) bond motifs is 3. The summed E-state index contributed by atoms with van der Waals surface area (Å²) in [4.78, 5) is 21.3. The van der Waals surface area contributed by atoms with Crippen molar-refractivity contribution in [2.45, 2.75) is 57.9 Å². The zero-order valence-corrected chi connectivity index (χ0v) is 22.4. The molecule has 3 nitrogen and oxygen atoms in total. The van der Waals surface area contributed by atoms with Gasteiger partial charge in [0.2, 0.25) is 0 Å². The van der Waals surface area contributed by atoms with Crippen molar-refractivity contribution < 1.29 is 0 Å². The zero-order valence-electron chi connectivity index (χ0n) is 20.0. The minimum Gasteiger partial charge on any atom is -0.268 e. The second-order valence-corrected chi connectivity index (χ2v) is 12.7. The van der Waals surface area contributed by atoms with E-state index >= 15 is 0 Å². The van der Waals surface area contributed by atoms with Gasteiger partial charge in [-0.15, -0.1) is 11.3 Å². The molecule has 1 aliphatic rings. The molecule has 5 rings (SSSR count). The van der Waals surface area contributed by atoms with E-state index in [1.807, 2.05) is 41.0 Å². The van der Waals surface area contributed by atoms with Crippen LogP contribution in [0, 0.1) is 18.3 Å². The lowest BCUT2D eigenvalue weighted by Gasteiger charge is -2.33. The summed E-state index contributed by atoms with van der Waals surface area (Å²) in [5, 5.41) is 2.29. The molecular weight excluding hydrogens is 480 g/mol. The molecular formula is C28H29ClN2OS2. The number of benzene rings is 2. The molecule has 0 amide bonds. The van der Waals surface area contributed by atoms with E-state index in [1.54, 1.807) is 23.1 Å². The van der Waals surface area contributed by atoms with Crippen molar-refractivity contribution in [2.24, 2.45) is 11.3 Å². The first kappa shape index (κ1) is 23.7. The van der Waals surface area contributed by atoms with Crippen LogP contribution in [0.1, 0.15) is 48.8 Å². The van der Waals surface area contributed by atoms with Crippen molar-refractivity contribution in [2.75, 3.05) is 0 Å². The third kappa shape index (κ3) is 4.58. The highest BCUT2D eigenvalue weighted by Crippen LogP contribution is 2.42. The molecule has 1 aliphatic carbocycles. The predicted molar refractivity (Wildman–Crippen MR) is 146 cm³/mol. The lowest BCUT2D eigenvalue weighted by molar-refractivity contribution is 0.218. The van der Waals surface area contributed by atoms with Crippen molar-refractivity contribution in [1.29, 1.82) is 0 Å². The van der Waals surface area contributed by atoms with Crippen molar-refractivity contribution in [3.8, 4) is 5.69 Å². The molecule has 176 valence electrons. The molecule has 2 heterocycles. The summed E-state index contributed by atoms with van der Waals surface area (Å²) >= 11 is 9.38. The molecule has 6 heteroatoms. The molecule has 0 fully saturated rings. The second kappa shape index (κ2) is 9.18. The SMILES string of the molecule is Cc1ccc(-n2c(SCc3ccc(Cl)cc3)nc3sc4c(c3c2=O)CCC(C(C)(C)C)C4)cc1. The molecule has 34 heavy (non-hydrogen) atoms. The summed E-state index contributed by atoms with van der Waals surface area (Å²) in [6.07, 6.45) is 3.12. The maximum absolute atomic E-state index is 14.0. The Labute approximate surface area is 214 Å². The number of aromatic nitrogens is 2. The van der Waals surface area contributed by atoms with Crippen LogP contribution in [-0.4, -0.2) is 9.55 Å². The standard InChI is InChI=1S/C28H29ClN2OS2/c1-17-5-12-21(13-6-17)31-26(32)24-22-14-9-19(28(2,3)4)15-23(22)34-25(24)30-27(31)33-16-18-7-10-20(29)11-8-18/h5-8,10-13,19H,9,14-16H2,1-4H3. The van der Waals surface area contributed by atoms with E-state index in [1.165, 1.54) is 16.0 Å². The maximum atomic E-state index is 14.0. The summed E-state index contributed by atoms with van der Waals surface area (Å²) < 4.78 is 1.81. The highest BCUT2D eigenvalue weighted by atomic mass is 35.5. The molecule has 0 spiro atoms. The number of thioether (sulfide) groups is 1. The lowest BCUT2D eigenvalue weighted by Crippen LogP contribution is -2.27. The van der Waals surface area contributed by atoms with Crippen LogP contribution >= 0.6 is 34.7 Å². The highest BCUT2D eigenvalue weighted by molar-refractivity contribution is 7.98. The Morgan fingerprint density at radius 3 is 2.50 bits per heavy atom. The first-order chi connectivity index (χ1) is 16.2. The third-order valence-electron chi connectivity index (χ3n) is 6.85. The van der Waals surface area contributed by atoms with E-state index in [0.29, 0.717) is 5.92 Å². The topological polar surface area (TPSA) is 34.9 Å². The first-order valence-electron chi connectivity index (χ1n) is 11.7. The van der Waals surface area contributed by atoms with Gasteiger partial charge in [0, 0.05) is 15.7 Å². The van der Waals surface area contributed by atoms with Crippen LogP contribution < -0.4 is 5.56 Å². The Morgan fingerprint density at radius 1 is 1.12 bits per heavy atom. The summed E-state index contributed by atoms with van der Waals surface area (Å²) in [5.41, 5.74) is 4.74. The van der Waals surface area contributed by atoms with Gasteiger partial charge in [0.1, 0.15) is 4.83 Å². The molecule has 0 bridgehead atoms. The van der Waals surface area contributed by atoms with Crippen LogP contribution in [-0.2, 0) is 18.6 Å². The van der Waals surface area contributed by atoms with Gasteiger partial charge in [0.05, 0.1) is 11.1 Å². The summed E-state index contributed by atoms with van der Waals surface area (Å²) in [7, 11) is 0. The number of halogens is 1. The van der Waals surface area contributed by atoms with Crippen molar-refractivity contribution in [3.63, 3.8) is 0 Å². The Hall–Kier alpha value is -2.08. The average Bonchev–Trinajstić information content (AvgIpc) is 3.17.